The van der Waals surface area contributed by atoms with Crippen LogP contribution in [0.1, 0.15) is 25.1 Å². The molecule has 0 aliphatic carbocycles. The molecule has 154 valence electrons. The van der Waals surface area contributed by atoms with Crippen LogP contribution in [0.15, 0.2) is 52.1 Å². The van der Waals surface area contributed by atoms with Gasteiger partial charge in [0.15, 0.2) is 0 Å². The number of nitrogens with zero attached hydrogens (tertiary/aromatic N) is 4. The standard InChI is InChI=1S/C21H19BrN4O3S/c1-4-17(27)25-15-8-6-5-7-13(15)18-19(28)23-21(30-3)24-26(18)20(25)12-9-10-16(29-2)14(22)11-12/h5-11,20H,4H2,1-3H3. The van der Waals surface area contributed by atoms with E-state index in [1.54, 1.807) is 16.7 Å². The molecule has 1 aliphatic heterocycles. The molecule has 0 saturated carbocycles. The predicted octanol–water partition coefficient (Wildman–Crippen LogP) is 3.30. The third kappa shape index (κ3) is 3.31. The highest BCUT2D eigenvalue weighted by Crippen LogP contribution is 2.41. The van der Waals surface area contributed by atoms with Gasteiger partial charge in [-0.25, -0.2) is 9.88 Å². The number of hydrogen-bond donors (Lipinski definition) is 0. The molecule has 9 heteroatoms. The van der Waals surface area contributed by atoms with Crippen molar-refractivity contribution in [1.29, 1.82) is 0 Å². The number of carbonyl (C=O) groups is 1. The first-order valence-electron chi connectivity index (χ1n) is 9.29. The summed E-state index contributed by atoms with van der Waals surface area (Å²) in [6, 6.07) is 12.9. The smallest absolute Gasteiger partial charge is 0.293 e. The Morgan fingerprint density at radius 3 is 2.77 bits per heavy atom. The van der Waals surface area contributed by atoms with Gasteiger partial charge in [0.25, 0.3) is 17.0 Å². The van der Waals surface area contributed by atoms with Gasteiger partial charge in [0, 0.05) is 17.1 Å². The molecule has 0 N–H and O–H groups in total. The monoisotopic (exact) mass is 486 g/mol. The molecule has 1 aromatic heterocycles. The summed E-state index contributed by atoms with van der Waals surface area (Å²) >= 11 is 4.81. The molecule has 1 unspecified atom stereocenters. The van der Waals surface area contributed by atoms with E-state index in [0.29, 0.717) is 34.3 Å². The summed E-state index contributed by atoms with van der Waals surface area (Å²) in [6.45, 7) is 1.82. The molecule has 30 heavy (non-hydrogen) atoms. The summed E-state index contributed by atoms with van der Waals surface area (Å²) in [5, 5.41) is 17.9. The van der Waals surface area contributed by atoms with Crippen molar-refractivity contribution < 1.29 is 19.3 Å². The van der Waals surface area contributed by atoms with Gasteiger partial charge >= 0.3 is 0 Å². The molecule has 0 spiro atoms. The molecule has 1 atom stereocenters. The van der Waals surface area contributed by atoms with Gasteiger partial charge in [-0.15, -0.1) is 0 Å². The van der Waals surface area contributed by atoms with Gasteiger partial charge < -0.3 is 9.84 Å². The quantitative estimate of drug-likeness (QED) is 0.415. The topological polar surface area (TPSA) is 82.3 Å². The molecule has 4 rings (SSSR count). The fourth-order valence-electron chi connectivity index (χ4n) is 3.60. The van der Waals surface area contributed by atoms with Gasteiger partial charge in [0.1, 0.15) is 5.75 Å². The van der Waals surface area contributed by atoms with Crippen LogP contribution in [0.3, 0.4) is 0 Å². The SMILES string of the molecule is CCC(=O)N1c2ccccc2-c2c([O-])nc(SC)n[n+]2C1c1ccc(OC)c(Br)c1. The Bertz CT molecular complexity index is 1140. The van der Waals surface area contributed by atoms with Crippen molar-refractivity contribution in [3.63, 3.8) is 0 Å². The molecule has 1 amide bonds. The maximum atomic E-state index is 13.1. The minimum atomic E-state index is -0.633. The average Bonchev–Trinajstić information content (AvgIpc) is 2.77. The number of hydrogen-bond acceptors (Lipinski definition) is 6. The van der Waals surface area contributed by atoms with Crippen LogP contribution in [0, 0.1) is 0 Å². The number of halogens is 1. The molecule has 7 nitrogen and oxygen atoms in total. The fraction of sp³-hybridized carbons (Fsp3) is 0.238. The summed E-state index contributed by atoms with van der Waals surface area (Å²) in [7, 11) is 1.59. The molecule has 0 bridgehead atoms. The minimum Gasteiger partial charge on any atom is -0.854 e. The third-order valence-corrected chi connectivity index (χ3v) is 6.10. The minimum absolute atomic E-state index is 0.0747. The number of amides is 1. The van der Waals surface area contributed by atoms with Crippen molar-refractivity contribution in [2.75, 3.05) is 18.3 Å². The number of ether oxygens (including phenoxy) is 1. The van der Waals surface area contributed by atoms with Crippen molar-refractivity contribution in [2.24, 2.45) is 0 Å². The van der Waals surface area contributed by atoms with Crippen LogP contribution in [0.25, 0.3) is 11.3 Å². The summed E-state index contributed by atoms with van der Waals surface area (Å²) in [5.41, 5.74) is 2.45. The lowest BCUT2D eigenvalue weighted by molar-refractivity contribution is -0.764. The third-order valence-electron chi connectivity index (χ3n) is 4.94. The Morgan fingerprint density at radius 1 is 1.33 bits per heavy atom. The Morgan fingerprint density at radius 2 is 2.10 bits per heavy atom. The maximum Gasteiger partial charge on any atom is 0.293 e. The Hall–Kier alpha value is -2.65. The van der Waals surface area contributed by atoms with E-state index in [9.17, 15) is 9.90 Å². The fourth-order valence-corrected chi connectivity index (χ4v) is 4.51. The lowest BCUT2D eigenvalue weighted by atomic mass is 10.0. The van der Waals surface area contributed by atoms with E-state index in [0.717, 1.165) is 10.0 Å². The zero-order valence-corrected chi connectivity index (χ0v) is 19.0. The summed E-state index contributed by atoms with van der Waals surface area (Å²) in [4.78, 5) is 18.9. The van der Waals surface area contributed by atoms with Gasteiger partial charge in [-0.3, -0.25) is 4.79 Å². The van der Waals surface area contributed by atoms with E-state index in [1.165, 1.54) is 11.8 Å². The maximum absolute atomic E-state index is 13.1. The zero-order valence-electron chi connectivity index (χ0n) is 16.6. The molecule has 2 aromatic carbocycles. The van der Waals surface area contributed by atoms with Crippen LogP contribution in [0.2, 0.25) is 0 Å². The van der Waals surface area contributed by atoms with E-state index in [-0.39, 0.29) is 11.8 Å². The van der Waals surface area contributed by atoms with Crippen molar-refractivity contribution in [1.82, 2.24) is 10.1 Å². The molecule has 2 heterocycles. The number of methoxy groups -OCH3 is 1. The normalized spacial score (nSPS) is 14.8. The summed E-state index contributed by atoms with van der Waals surface area (Å²) in [6.07, 6.45) is 1.49. The first-order valence-corrected chi connectivity index (χ1v) is 11.3. The first-order chi connectivity index (χ1) is 14.5. The largest absolute Gasteiger partial charge is 0.854 e. The molecule has 0 fully saturated rings. The number of aromatic nitrogens is 3. The van der Waals surface area contributed by atoms with Gasteiger partial charge in [-0.05, 0) is 52.5 Å². The highest BCUT2D eigenvalue weighted by molar-refractivity contribution is 9.10. The highest BCUT2D eigenvalue weighted by Gasteiger charge is 2.44. The van der Waals surface area contributed by atoms with Crippen LogP contribution >= 0.6 is 27.7 Å². The molecule has 0 radical (unpaired) electrons. The lowest BCUT2D eigenvalue weighted by Crippen LogP contribution is -2.59. The van der Waals surface area contributed by atoms with Crippen LogP contribution in [0.5, 0.6) is 11.6 Å². The van der Waals surface area contributed by atoms with E-state index in [2.05, 4.69) is 26.0 Å². The van der Waals surface area contributed by atoms with Crippen molar-refractivity contribution in [2.45, 2.75) is 24.7 Å². The van der Waals surface area contributed by atoms with Crippen molar-refractivity contribution >= 4 is 39.3 Å². The van der Waals surface area contributed by atoms with E-state index >= 15 is 0 Å². The van der Waals surface area contributed by atoms with Crippen molar-refractivity contribution in [3.05, 3.63) is 52.5 Å². The van der Waals surface area contributed by atoms with Crippen molar-refractivity contribution in [3.8, 4) is 22.9 Å². The van der Waals surface area contributed by atoms with E-state index in [1.807, 2.05) is 55.6 Å². The van der Waals surface area contributed by atoms with E-state index < -0.39 is 6.17 Å². The van der Waals surface area contributed by atoms with Gasteiger partial charge in [-0.2, -0.15) is 0 Å². The first kappa shape index (κ1) is 20.6. The summed E-state index contributed by atoms with van der Waals surface area (Å²) in [5.74, 6) is 0.225. The van der Waals surface area contributed by atoms with E-state index in [4.69, 9.17) is 4.74 Å². The second-order valence-corrected chi connectivity index (χ2v) is 8.23. The Labute approximate surface area is 186 Å². The number of benzene rings is 2. The molecule has 3 aromatic rings. The highest BCUT2D eigenvalue weighted by atomic mass is 79.9. The molecular weight excluding hydrogens is 468 g/mol. The zero-order chi connectivity index (χ0) is 21.4. The lowest BCUT2D eigenvalue weighted by Gasteiger charge is -2.33. The predicted molar refractivity (Wildman–Crippen MR) is 116 cm³/mol. The average molecular weight is 487 g/mol. The molecule has 1 aliphatic rings. The van der Waals surface area contributed by atoms with Gasteiger partial charge in [0.2, 0.25) is 5.91 Å². The number of carbonyl (C=O) groups excluding carboxylic acids is 1. The molecule has 0 saturated heterocycles. The van der Waals surface area contributed by atoms with Gasteiger partial charge in [0.05, 0.1) is 28.7 Å². The Kier molecular flexibility index (Phi) is 5.66. The van der Waals surface area contributed by atoms with Crippen LogP contribution in [-0.2, 0) is 4.79 Å². The summed E-state index contributed by atoms with van der Waals surface area (Å²) < 4.78 is 7.71. The van der Waals surface area contributed by atoms with Gasteiger partial charge in [-0.1, -0.05) is 35.5 Å². The number of para-hydroxylation sites is 1. The second-order valence-electron chi connectivity index (χ2n) is 6.60. The Balaban J connectivity index is 2.05. The molecular formula is C21H19BrN4O3S. The number of anilines is 1. The van der Waals surface area contributed by atoms with Crippen LogP contribution in [0.4, 0.5) is 5.69 Å². The number of fused-ring (bicyclic) bond motifs is 3. The van der Waals surface area contributed by atoms with Crippen LogP contribution < -0.4 is 19.4 Å². The van der Waals surface area contributed by atoms with Crippen LogP contribution in [-0.4, -0.2) is 29.4 Å². The second kappa shape index (κ2) is 8.23. The number of rotatable bonds is 4. The number of thioether (sulfide) groups is 1.